The van der Waals surface area contributed by atoms with E-state index in [1.54, 1.807) is 13.0 Å². The first-order chi connectivity index (χ1) is 25.7. The highest BCUT2D eigenvalue weighted by molar-refractivity contribution is 5.86. The molecular formula is C41H51N9O3. The largest absolute Gasteiger partial charge is 0.507 e. The fraction of sp³-hybridized carbons (Fsp3) is 0.512. The molecule has 12 nitrogen and oxygen atoms in total. The average Bonchev–Trinajstić information content (AvgIpc) is 3.80. The van der Waals surface area contributed by atoms with Crippen molar-refractivity contribution in [1.29, 1.82) is 0 Å². The third-order valence-electron chi connectivity index (χ3n) is 12.0. The molecule has 1 aromatic carbocycles. The van der Waals surface area contributed by atoms with E-state index in [9.17, 15) is 9.90 Å². The number of nitrogens with zero attached hydrogens (tertiary/aromatic N) is 8. The summed E-state index contributed by atoms with van der Waals surface area (Å²) in [5.41, 5.74) is 5.69. The van der Waals surface area contributed by atoms with Crippen LogP contribution in [0.5, 0.6) is 5.75 Å². The van der Waals surface area contributed by atoms with Crippen molar-refractivity contribution in [3.05, 3.63) is 71.4 Å². The molecule has 0 amide bonds. The van der Waals surface area contributed by atoms with Crippen molar-refractivity contribution in [1.82, 2.24) is 35.2 Å². The summed E-state index contributed by atoms with van der Waals surface area (Å²) < 4.78 is 5.63. The third-order valence-corrected chi connectivity index (χ3v) is 12.0. The minimum Gasteiger partial charge on any atom is -0.507 e. The number of piperidine rings is 2. The van der Waals surface area contributed by atoms with Crippen LogP contribution in [0.2, 0.25) is 0 Å². The lowest BCUT2D eigenvalue weighted by Gasteiger charge is -2.35. The van der Waals surface area contributed by atoms with Crippen LogP contribution < -0.4 is 9.80 Å². The van der Waals surface area contributed by atoms with Gasteiger partial charge in [-0.3, -0.25) is 4.79 Å². The van der Waals surface area contributed by atoms with Crippen LogP contribution in [0.15, 0.2) is 53.3 Å². The number of H-pyrrole nitrogens is 1. The normalized spacial score (nSPS) is 19.6. The Bertz CT molecular complexity index is 2040. The molecule has 0 spiro atoms. The van der Waals surface area contributed by atoms with Crippen molar-refractivity contribution in [2.24, 2.45) is 11.8 Å². The Morgan fingerprint density at radius 2 is 1.75 bits per heavy atom. The number of nitrogens with one attached hydrogen (secondary N) is 1. The molecule has 0 saturated carbocycles. The molecule has 278 valence electrons. The first kappa shape index (κ1) is 35.2. The number of hydrogen-bond donors (Lipinski definition) is 2. The molecule has 0 radical (unpaired) electrons. The number of para-hydroxylation sites is 1. The Morgan fingerprint density at radius 1 is 1.00 bits per heavy atom. The number of aromatic amines is 1. The van der Waals surface area contributed by atoms with E-state index < -0.39 is 0 Å². The predicted molar refractivity (Wildman–Crippen MR) is 205 cm³/mol. The van der Waals surface area contributed by atoms with Crippen LogP contribution >= 0.6 is 0 Å². The molecule has 7 heterocycles. The number of benzene rings is 1. The van der Waals surface area contributed by atoms with Gasteiger partial charge in [-0.15, -0.1) is 10.2 Å². The maximum atomic E-state index is 12.2. The molecule has 2 atom stereocenters. The number of likely N-dealkylation sites (tertiary alicyclic amines) is 1. The van der Waals surface area contributed by atoms with E-state index >= 15 is 0 Å². The lowest BCUT2D eigenvalue weighted by Crippen LogP contribution is -2.37. The molecule has 12 heteroatoms. The fourth-order valence-corrected chi connectivity index (χ4v) is 8.98. The number of hydrogen-bond acceptors (Lipinski definition) is 11. The molecule has 3 aliphatic heterocycles. The quantitative estimate of drug-likeness (QED) is 0.154. The average molecular weight is 718 g/mol. The Hall–Kier alpha value is -4.84. The molecule has 2 N–H and O–H groups in total. The van der Waals surface area contributed by atoms with Gasteiger partial charge in [-0.1, -0.05) is 31.1 Å². The Morgan fingerprint density at radius 3 is 2.47 bits per heavy atom. The van der Waals surface area contributed by atoms with E-state index in [1.165, 1.54) is 23.2 Å². The SMILES string of the molecule is CC(=O)C(c1cc(N2CCC(CCN3CCC(c4cnc(N5CCc6[nH]c7nnc(-c8ccccc8O)cc7c6[C@@H]5C)nc4)CC3)CC2)no1)C(C)C. The van der Waals surface area contributed by atoms with E-state index in [1.807, 2.05) is 30.3 Å². The first-order valence-electron chi connectivity index (χ1n) is 19.4. The van der Waals surface area contributed by atoms with Gasteiger partial charge in [0.15, 0.2) is 11.5 Å². The number of phenols is 1. The van der Waals surface area contributed by atoms with E-state index in [2.05, 4.69) is 68.2 Å². The van der Waals surface area contributed by atoms with Gasteiger partial charge in [-0.2, -0.15) is 0 Å². The third kappa shape index (κ3) is 7.13. The van der Waals surface area contributed by atoms with Crippen molar-refractivity contribution in [2.45, 2.75) is 84.1 Å². The summed E-state index contributed by atoms with van der Waals surface area (Å²) in [7, 11) is 0. The summed E-state index contributed by atoms with van der Waals surface area (Å²) in [6.45, 7) is 14.1. The van der Waals surface area contributed by atoms with Crippen LogP contribution in [0, 0.1) is 11.8 Å². The number of carbonyl (C=O) groups is 1. The van der Waals surface area contributed by atoms with Gasteiger partial charge in [0.25, 0.3) is 0 Å². The number of anilines is 2. The zero-order valence-corrected chi connectivity index (χ0v) is 31.3. The van der Waals surface area contributed by atoms with Gasteiger partial charge in [0.2, 0.25) is 5.95 Å². The van der Waals surface area contributed by atoms with E-state index in [0.29, 0.717) is 22.9 Å². The number of ketones is 1. The number of aromatic nitrogens is 6. The molecule has 0 bridgehead atoms. The molecular weight excluding hydrogens is 667 g/mol. The zero-order chi connectivity index (χ0) is 36.6. The molecule has 1 unspecified atom stereocenters. The Balaban J connectivity index is 0.824. The smallest absolute Gasteiger partial charge is 0.225 e. The predicted octanol–water partition coefficient (Wildman–Crippen LogP) is 7.05. The molecule has 3 aliphatic rings. The summed E-state index contributed by atoms with van der Waals surface area (Å²) in [6.07, 6.45) is 10.8. The summed E-state index contributed by atoms with van der Waals surface area (Å²) in [5, 5.41) is 24.7. The second kappa shape index (κ2) is 14.9. The van der Waals surface area contributed by atoms with Crippen LogP contribution in [-0.2, 0) is 11.2 Å². The van der Waals surface area contributed by atoms with Crippen molar-refractivity contribution < 1.29 is 14.4 Å². The second-order valence-corrected chi connectivity index (χ2v) is 15.7. The number of phenolic OH excluding ortho intramolecular Hbond substituents is 1. The standard InChI is InChI=1S/C41H51N9O3/c1-25(2)38(27(4)51)36-22-37(47-53-36)49-18-10-28(11-19-49)9-15-48-16-12-29(13-17-48)30-23-42-41(43-24-30)50-20-14-33-39(26(50)3)32-21-34(45-46-40(32)44-33)31-7-5-6-8-35(31)52/h5-8,21-26,28-29,38,52H,9-20H2,1-4H3,(H,44,46)/t26-,38?/m0/s1. The van der Waals surface area contributed by atoms with Crippen LogP contribution in [0.25, 0.3) is 22.3 Å². The summed E-state index contributed by atoms with van der Waals surface area (Å²) in [6, 6.07) is 11.3. The van der Waals surface area contributed by atoms with Crippen LogP contribution in [0.3, 0.4) is 0 Å². The maximum Gasteiger partial charge on any atom is 0.225 e. The van der Waals surface area contributed by atoms with E-state index in [0.717, 1.165) is 100 Å². The minimum atomic E-state index is -0.228. The highest BCUT2D eigenvalue weighted by Gasteiger charge is 2.32. The number of rotatable bonds is 10. The monoisotopic (exact) mass is 717 g/mol. The Labute approximate surface area is 311 Å². The van der Waals surface area contributed by atoms with Crippen LogP contribution in [0.1, 0.15) is 100 Å². The van der Waals surface area contributed by atoms with E-state index in [4.69, 9.17) is 14.5 Å². The zero-order valence-electron chi connectivity index (χ0n) is 31.3. The van der Waals surface area contributed by atoms with Crippen molar-refractivity contribution in [3.63, 3.8) is 0 Å². The molecule has 2 saturated heterocycles. The molecule has 8 rings (SSSR count). The number of aromatic hydroxyl groups is 1. The summed E-state index contributed by atoms with van der Waals surface area (Å²) in [4.78, 5) is 32.7. The maximum absolute atomic E-state index is 12.2. The highest BCUT2D eigenvalue weighted by atomic mass is 16.5. The van der Waals surface area contributed by atoms with Crippen LogP contribution in [-0.4, -0.2) is 85.4 Å². The summed E-state index contributed by atoms with van der Waals surface area (Å²) in [5.74, 6) is 3.81. The number of carbonyl (C=O) groups excluding carboxylic acids is 1. The minimum absolute atomic E-state index is 0.0561. The van der Waals surface area contributed by atoms with E-state index in [-0.39, 0.29) is 29.4 Å². The topological polar surface area (TPSA) is 140 Å². The van der Waals surface area contributed by atoms with Gasteiger partial charge >= 0.3 is 0 Å². The lowest BCUT2D eigenvalue weighted by molar-refractivity contribution is -0.119. The highest BCUT2D eigenvalue weighted by Crippen LogP contribution is 2.39. The Kier molecular flexibility index (Phi) is 9.89. The van der Waals surface area contributed by atoms with Gasteiger partial charge in [0, 0.05) is 66.7 Å². The van der Waals surface area contributed by atoms with Gasteiger partial charge in [-0.25, -0.2) is 9.97 Å². The molecule has 53 heavy (non-hydrogen) atoms. The van der Waals surface area contributed by atoms with Crippen LogP contribution in [0.4, 0.5) is 11.8 Å². The molecule has 0 aliphatic carbocycles. The van der Waals surface area contributed by atoms with Gasteiger partial charge < -0.3 is 29.3 Å². The van der Waals surface area contributed by atoms with Crippen molar-refractivity contribution >= 4 is 28.6 Å². The van der Waals surface area contributed by atoms with Gasteiger partial charge in [0.1, 0.15) is 17.3 Å². The van der Waals surface area contributed by atoms with Gasteiger partial charge in [-0.05, 0) is 107 Å². The summed E-state index contributed by atoms with van der Waals surface area (Å²) >= 11 is 0. The number of fused-ring (bicyclic) bond motifs is 3. The molecule has 4 aromatic heterocycles. The fourth-order valence-electron chi connectivity index (χ4n) is 8.98. The second-order valence-electron chi connectivity index (χ2n) is 15.7. The lowest BCUT2D eigenvalue weighted by atomic mass is 9.89. The molecule has 5 aromatic rings. The van der Waals surface area contributed by atoms with Gasteiger partial charge in [0.05, 0.1) is 17.7 Å². The van der Waals surface area contributed by atoms with Crippen molar-refractivity contribution in [3.8, 4) is 17.0 Å². The number of Topliss-reactive ketones (excluding diaryl/α,β-unsaturated/α-hetero) is 1. The first-order valence-corrected chi connectivity index (χ1v) is 19.4. The molecule has 2 fully saturated rings. The van der Waals surface area contributed by atoms with Crippen molar-refractivity contribution in [2.75, 3.05) is 49.1 Å².